The van der Waals surface area contributed by atoms with Gasteiger partial charge in [0.25, 0.3) is 0 Å². The van der Waals surface area contributed by atoms with Gasteiger partial charge in [-0.2, -0.15) is 0 Å². The molecule has 1 aromatic carbocycles. The van der Waals surface area contributed by atoms with Crippen molar-refractivity contribution in [1.82, 2.24) is 25.2 Å². The van der Waals surface area contributed by atoms with Crippen LogP contribution in [0.5, 0.6) is 5.75 Å². The van der Waals surface area contributed by atoms with E-state index in [1.807, 2.05) is 28.8 Å². The number of aliphatic imine (C=N–C) groups is 1. The molecule has 4 rings (SSSR count). The summed E-state index contributed by atoms with van der Waals surface area (Å²) >= 11 is 0. The van der Waals surface area contributed by atoms with Crippen molar-refractivity contribution in [3.8, 4) is 5.75 Å². The second kappa shape index (κ2) is 11.3. The maximum absolute atomic E-state index is 6.13. The molecule has 3 aromatic rings. The first-order chi connectivity index (χ1) is 14.7. The lowest BCUT2D eigenvalue weighted by atomic mass is 10.1. The van der Waals surface area contributed by atoms with Crippen molar-refractivity contribution in [2.75, 3.05) is 26.9 Å². The summed E-state index contributed by atoms with van der Waals surface area (Å²) < 4.78 is 13.5. The summed E-state index contributed by atoms with van der Waals surface area (Å²) in [6, 6.07) is 12.1. The molecular formula is C22H29IN6O2. The summed E-state index contributed by atoms with van der Waals surface area (Å²) in [5, 5.41) is 15.1. The van der Waals surface area contributed by atoms with Crippen LogP contribution in [-0.4, -0.2) is 47.4 Å². The Kier molecular flexibility index (Phi) is 8.47. The molecule has 0 amide bonds. The number of guanidine groups is 1. The minimum absolute atomic E-state index is 0. The zero-order valence-electron chi connectivity index (χ0n) is 17.9. The Morgan fingerprint density at radius 3 is 2.90 bits per heavy atom. The quantitative estimate of drug-likeness (QED) is 0.275. The first kappa shape index (κ1) is 23.3. The molecule has 166 valence electrons. The van der Waals surface area contributed by atoms with Crippen LogP contribution < -0.4 is 15.4 Å². The number of hydrogen-bond donors (Lipinski definition) is 2. The maximum Gasteiger partial charge on any atom is 0.191 e. The third-order valence-corrected chi connectivity index (χ3v) is 5.19. The number of fused-ring (bicyclic) bond motifs is 1. The molecule has 0 spiro atoms. The molecule has 1 aliphatic rings. The Morgan fingerprint density at radius 2 is 2.10 bits per heavy atom. The molecule has 0 aliphatic carbocycles. The van der Waals surface area contributed by atoms with Crippen molar-refractivity contribution in [2.24, 2.45) is 10.9 Å². The van der Waals surface area contributed by atoms with Crippen molar-refractivity contribution in [3.05, 3.63) is 59.5 Å². The van der Waals surface area contributed by atoms with E-state index in [2.05, 4.69) is 50.9 Å². The summed E-state index contributed by atoms with van der Waals surface area (Å²) in [6.07, 6.45) is 3.01. The summed E-state index contributed by atoms with van der Waals surface area (Å²) in [5.41, 5.74) is 3.10. The van der Waals surface area contributed by atoms with Crippen LogP contribution in [0.2, 0.25) is 0 Å². The number of nitrogens with zero attached hydrogens (tertiary/aromatic N) is 4. The highest BCUT2D eigenvalue weighted by molar-refractivity contribution is 14.0. The minimum Gasteiger partial charge on any atom is -0.493 e. The number of nitrogens with one attached hydrogen (secondary N) is 2. The third kappa shape index (κ3) is 6.07. The summed E-state index contributed by atoms with van der Waals surface area (Å²) in [7, 11) is 1.75. The number of aryl methyl sites for hydroxylation is 1. The van der Waals surface area contributed by atoms with Gasteiger partial charge in [-0.3, -0.25) is 9.39 Å². The third-order valence-electron chi connectivity index (χ3n) is 5.19. The molecule has 31 heavy (non-hydrogen) atoms. The Bertz CT molecular complexity index is 1020. The maximum atomic E-state index is 6.13. The van der Waals surface area contributed by atoms with Gasteiger partial charge < -0.3 is 20.1 Å². The van der Waals surface area contributed by atoms with E-state index in [0.29, 0.717) is 31.6 Å². The molecule has 1 aliphatic heterocycles. The van der Waals surface area contributed by atoms with Crippen LogP contribution in [0.25, 0.3) is 5.65 Å². The van der Waals surface area contributed by atoms with Crippen LogP contribution in [0.1, 0.15) is 23.4 Å². The van der Waals surface area contributed by atoms with E-state index in [0.717, 1.165) is 42.4 Å². The van der Waals surface area contributed by atoms with Gasteiger partial charge in [-0.15, -0.1) is 34.2 Å². The standard InChI is InChI=1S/C22H28N6O2.HI/c1-16-6-7-18(19(11-16)30-15-17-8-10-29-14-17)12-24-22(23-2)25-13-21-27-26-20-5-3-4-9-28(20)21;/h3-7,9,11,17H,8,10,12-15H2,1-2H3,(H2,23,24,25);1H. The van der Waals surface area contributed by atoms with Crippen molar-refractivity contribution in [1.29, 1.82) is 0 Å². The normalized spacial score (nSPS) is 16.2. The fourth-order valence-corrected chi connectivity index (χ4v) is 3.44. The zero-order chi connectivity index (χ0) is 20.8. The number of halogens is 1. The Morgan fingerprint density at radius 1 is 1.23 bits per heavy atom. The van der Waals surface area contributed by atoms with Gasteiger partial charge in [0.1, 0.15) is 5.75 Å². The molecule has 0 saturated carbocycles. The lowest BCUT2D eigenvalue weighted by Crippen LogP contribution is -2.36. The number of hydrogen-bond acceptors (Lipinski definition) is 5. The van der Waals surface area contributed by atoms with Gasteiger partial charge in [0.2, 0.25) is 0 Å². The van der Waals surface area contributed by atoms with Crippen LogP contribution in [0.4, 0.5) is 0 Å². The van der Waals surface area contributed by atoms with E-state index in [9.17, 15) is 0 Å². The van der Waals surface area contributed by atoms with Crippen LogP contribution in [0.3, 0.4) is 0 Å². The molecule has 8 nitrogen and oxygen atoms in total. The number of pyridine rings is 1. The lowest BCUT2D eigenvalue weighted by molar-refractivity contribution is 0.166. The first-order valence-electron chi connectivity index (χ1n) is 10.3. The fraction of sp³-hybridized carbons (Fsp3) is 0.409. The zero-order valence-corrected chi connectivity index (χ0v) is 20.2. The second-order valence-corrected chi connectivity index (χ2v) is 7.48. The predicted octanol–water partition coefficient (Wildman–Crippen LogP) is 2.94. The average Bonchev–Trinajstić information content (AvgIpc) is 3.43. The van der Waals surface area contributed by atoms with Gasteiger partial charge in [-0.05, 0) is 37.1 Å². The van der Waals surface area contributed by atoms with Crippen LogP contribution in [0.15, 0.2) is 47.6 Å². The van der Waals surface area contributed by atoms with Gasteiger partial charge in [0.15, 0.2) is 17.4 Å². The van der Waals surface area contributed by atoms with Crippen molar-refractivity contribution < 1.29 is 9.47 Å². The smallest absolute Gasteiger partial charge is 0.191 e. The largest absolute Gasteiger partial charge is 0.493 e. The van der Waals surface area contributed by atoms with E-state index >= 15 is 0 Å². The molecule has 1 saturated heterocycles. The number of rotatable bonds is 7. The van der Waals surface area contributed by atoms with Gasteiger partial charge in [-0.25, -0.2) is 0 Å². The highest BCUT2D eigenvalue weighted by Crippen LogP contribution is 2.22. The van der Waals surface area contributed by atoms with Crippen LogP contribution in [0, 0.1) is 12.8 Å². The highest BCUT2D eigenvalue weighted by Gasteiger charge is 2.17. The first-order valence-corrected chi connectivity index (χ1v) is 10.3. The summed E-state index contributed by atoms with van der Waals surface area (Å²) in [5.74, 6) is 2.90. The molecule has 9 heteroatoms. The molecule has 0 bridgehead atoms. The van der Waals surface area contributed by atoms with Crippen molar-refractivity contribution >= 4 is 35.6 Å². The van der Waals surface area contributed by atoms with Crippen molar-refractivity contribution in [2.45, 2.75) is 26.4 Å². The topological polar surface area (TPSA) is 85.1 Å². The molecule has 0 radical (unpaired) electrons. The molecule has 3 heterocycles. The molecular weight excluding hydrogens is 507 g/mol. The average molecular weight is 536 g/mol. The van der Waals surface area contributed by atoms with E-state index in [1.165, 1.54) is 5.56 Å². The fourth-order valence-electron chi connectivity index (χ4n) is 3.44. The van der Waals surface area contributed by atoms with Gasteiger partial charge in [-0.1, -0.05) is 18.2 Å². The molecule has 2 N–H and O–H groups in total. The molecule has 1 unspecified atom stereocenters. The van der Waals surface area contributed by atoms with Crippen LogP contribution >= 0.6 is 24.0 Å². The van der Waals surface area contributed by atoms with E-state index < -0.39 is 0 Å². The van der Waals surface area contributed by atoms with E-state index in [1.54, 1.807) is 7.05 Å². The Balaban J connectivity index is 0.00000272. The SMILES string of the molecule is CN=C(NCc1ccc(C)cc1OCC1CCOC1)NCc1nnc2ccccn12.I. The number of aromatic nitrogens is 3. The number of ether oxygens (including phenoxy) is 2. The van der Waals surface area contributed by atoms with Gasteiger partial charge >= 0.3 is 0 Å². The summed E-state index contributed by atoms with van der Waals surface area (Å²) in [4.78, 5) is 4.32. The second-order valence-electron chi connectivity index (χ2n) is 7.48. The van der Waals surface area contributed by atoms with Crippen molar-refractivity contribution in [3.63, 3.8) is 0 Å². The van der Waals surface area contributed by atoms with Gasteiger partial charge in [0, 0.05) is 37.9 Å². The Labute approximate surface area is 199 Å². The predicted molar refractivity (Wildman–Crippen MR) is 131 cm³/mol. The molecule has 2 aromatic heterocycles. The van der Waals surface area contributed by atoms with Gasteiger partial charge in [0.05, 0.1) is 19.8 Å². The molecule has 1 fully saturated rings. The van der Waals surface area contributed by atoms with Crippen LogP contribution in [-0.2, 0) is 17.8 Å². The Hall–Kier alpha value is -2.40. The number of benzene rings is 1. The molecule has 1 atom stereocenters. The van der Waals surface area contributed by atoms with E-state index in [-0.39, 0.29) is 24.0 Å². The van der Waals surface area contributed by atoms with E-state index in [4.69, 9.17) is 9.47 Å². The highest BCUT2D eigenvalue weighted by atomic mass is 127. The monoisotopic (exact) mass is 536 g/mol. The summed E-state index contributed by atoms with van der Waals surface area (Å²) in [6.45, 7) is 5.50. The lowest BCUT2D eigenvalue weighted by Gasteiger charge is -2.16. The minimum atomic E-state index is 0.